The van der Waals surface area contributed by atoms with Gasteiger partial charge in [0, 0.05) is 24.6 Å². The normalized spacial score (nSPS) is 9.70. The van der Waals surface area contributed by atoms with Gasteiger partial charge in [0.05, 0.1) is 18.1 Å². The van der Waals surface area contributed by atoms with Gasteiger partial charge in [-0.3, -0.25) is 9.78 Å². The van der Waals surface area contributed by atoms with E-state index in [1.807, 2.05) is 12.1 Å². The number of nitriles is 1. The zero-order valence-corrected chi connectivity index (χ0v) is 12.4. The second-order valence-corrected chi connectivity index (χ2v) is 4.61. The zero-order valence-electron chi connectivity index (χ0n) is 12.4. The van der Waals surface area contributed by atoms with Crippen molar-refractivity contribution in [2.45, 2.75) is 6.42 Å². The van der Waals surface area contributed by atoms with Crippen molar-refractivity contribution in [1.82, 2.24) is 4.98 Å². The Balaban J connectivity index is 2.01. The molecule has 0 aliphatic carbocycles. The Hall–Kier alpha value is -3.20. The second kappa shape index (κ2) is 8.29. The van der Waals surface area contributed by atoms with E-state index in [1.54, 1.807) is 42.6 Å². The van der Waals surface area contributed by atoms with E-state index in [-0.39, 0.29) is 24.4 Å². The average Bonchev–Trinajstić information content (AvgIpc) is 2.61. The predicted octanol–water partition coefficient (Wildman–Crippen LogP) is 2.19. The summed E-state index contributed by atoms with van der Waals surface area (Å²) in [6.45, 7) is -0.155. The number of carbonyl (C=O) groups is 2. The van der Waals surface area contributed by atoms with E-state index in [0.29, 0.717) is 5.69 Å². The number of carbonyl (C=O) groups excluding carboxylic acids is 2. The summed E-state index contributed by atoms with van der Waals surface area (Å²) in [6.07, 6.45) is 3.11. The molecule has 0 spiro atoms. The molecule has 2 rings (SSSR count). The summed E-state index contributed by atoms with van der Waals surface area (Å²) < 4.78 is 5.02. The number of para-hydroxylation sites is 1. The molecule has 1 aromatic heterocycles. The van der Waals surface area contributed by atoms with Crippen molar-refractivity contribution < 1.29 is 14.3 Å². The van der Waals surface area contributed by atoms with E-state index < -0.39 is 12.6 Å². The third kappa shape index (κ3) is 4.64. The lowest BCUT2D eigenvalue weighted by molar-refractivity contribution is -0.121. The van der Waals surface area contributed by atoms with Crippen molar-refractivity contribution in [2.24, 2.45) is 0 Å². The molecule has 0 radical (unpaired) electrons. The molecule has 116 valence electrons. The molecule has 6 heteroatoms. The molecular weight excluding hydrogens is 294 g/mol. The van der Waals surface area contributed by atoms with Crippen LogP contribution >= 0.6 is 0 Å². The van der Waals surface area contributed by atoms with Crippen molar-refractivity contribution >= 4 is 17.6 Å². The lowest BCUT2D eigenvalue weighted by Gasteiger charge is -2.21. The molecule has 0 saturated heterocycles. The third-order valence-electron chi connectivity index (χ3n) is 3.04. The highest BCUT2D eigenvalue weighted by molar-refractivity contribution is 5.97. The van der Waals surface area contributed by atoms with Gasteiger partial charge in [0.15, 0.2) is 6.61 Å². The summed E-state index contributed by atoms with van der Waals surface area (Å²) in [6, 6.07) is 14.1. The summed E-state index contributed by atoms with van der Waals surface area (Å²) in [7, 11) is 0. The Kier molecular flexibility index (Phi) is 5.83. The zero-order chi connectivity index (χ0) is 16.5. The molecule has 1 aromatic carbocycles. The number of anilines is 1. The molecule has 1 heterocycles. The largest absolute Gasteiger partial charge is 0.452 e. The quantitative estimate of drug-likeness (QED) is 0.764. The number of ether oxygens (including phenoxy) is 1. The van der Waals surface area contributed by atoms with Crippen LogP contribution in [-0.4, -0.2) is 30.0 Å². The molecule has 2 aromatic rings. The fourth-order valence-corrected chi connectivity index (χ4v) is 1.94. The van der Waals surface area contributed by atoms with E-state index in [2.05, 4.69) is 4.98 Å². The van der Waals surface area contributed by atoms with Gasteiger partial charge in [0.1, 0.15) is 0 Å². The van der Waals surface area contributed by atoms with Gasteiger partial charge in [0.25, 0.3) is 5.91 Å². The Bertz CT molecular complexity index is 696. The van der Waals surface area contributed by atoms with Crippen molar-refractivity contribution in [3.63, 3.8) is 0 Å². The van der Waals surface area contributed by atoms with Crippen molar-refractivity contribution in [3.05, 3.63) is 60.4 Å². The van der Waals surface area contributed by atoms with E-state index in [4.69, 9.17) is 10.00 Å². The molecule has 0 saturated carbocycles. The van der Waals surface area contributed by atoms with Crippen LogP contribution in [0, 0.1) is 11.3 Å². The molecule has 6 nitrogen and oxygen atoms in total. The predicted molar refractivity (Wildman–Crippen MR) is 83.5 cm³/mol. The smallest absolute Gasteiger partial charge is 0.340 e. The molecule has 0 fully saturated rings. The third-order valence-corrected chi connectivity index (χ3v) is 3.04. The highest BCUT2D eigenvalue weighted by Gasteiger charge is 2.17. The van der Waals surface area contributed by atoms with E-state index in [1.165, 1.54) is 11.1 Å². The maximum atomic E-state index is 12.3. The van der Waals surface area contributed by atoms with Crippen LogP contribution in [0.1, 0.15) is 16.8 Å². The maximum Gasteiger partial charge on any atom is 0.340 e. The lowest BCUT2D eigenvalue weighted by Crippen LogP contribution is -2.35. The molecular formula is C17H15N3O3. The van der Waals surface area contributed by atoms with Crippen LogP contribution in [0.3, 0.4) is 0 Å². The first-order valence-electron chi connectivity index (χ1n) is 7.02. The first-order chi connectivity index (χ1) is 11.2. The SMILES string of the molecule is N#CCCN(C(=O)COC(=O)c1cccnc1)c1ccccc1. The maximum absolute atomic E-state index is 12.3. The Morgan fingerprint density at radius 2 is 1.96 bits per heavy atom. The number of aromatic nitrogens is 1. The summed E-state index contributed by atoms with van der Waals surface area (Å²) in [5.41, 5.74) is 0.939. The average molecular weight is 309 g/mol. The lowest BCUT2D eigenvalue weighted by atomic mass is 10.2. The van der Waals surface area contributed by atoms with Crippen molar-refractivity contribution in [1.29, 1.82) is 5.26 Å². The Labute approximate surface area is 133 Å². The minimum atomic E-state index is -0.611. The standard InChI is InChI=1S/C17H15N3O3/c18-9-5-11-20(15-7-2-1-3-8-15)16(21)13-23-17(22)14-6-4-10-19-12-14/h1-4,6-8,10,12H,5,11,13H2. The van der Waals surface area contributed by atoms with Crippen LogP contribution in [0.5, 0.6) is 0 Å². The minimum absolute atomic E-state index is 0.192. The minimum Gasteiger partial charge on any atom is -0.452 e. The van der Waals surface area contributed by atoms with E-state index >= 15 is 0 Å². The first kappa shape index (κ1) is 16.2. The molecule has 1 amide bonds. The highest BCUT2D eigenvalue weighted by atomic mass is 16.5. The van der Waals surface area contributed by atoms with Gasteiger partial charge in [0.2, 0.25) is 0 Å². The topological polar surface area (TPSA) is 83.3 Å². The van der Waals surface area contributed by atoms with Crippen LogP contribution in [0.15, 0.2) is 54.9 Å². The van der Waals surface area contributed by atoms with Gasteiger partial charge < -0.3 is 9.64 Å². The molecule has 0 atom stereocenters. The summed E-state index contributed by atoms with van der Waals surface area (Å²) in [5.74, 6) is -0.997. The number of pyridine rings is 1. The first-order valence-corrected chi connectivity index (χ1v) is 7.02. The van der Waals surface area contributed by atoms with Crippen molar-refractivity contribution in [2.75, 3.05) is 18.1 Å². The molecule has 23 heavy (non-hydrogen) atoms. The van der Waals surface area contributed by atoms with Crippen LogP contribution < -0.4 is 4.90 Å². The molecule has 0 aliphatic rings. The van der Waals surface area contributed by atoms with Gasteiger partial charge in [-0.25, -0.2) is 4.79 Å². The van der Waals surface area contributed by atoms with E-state index in [0.717, 1.165) is 0 Å². The molecule has 0 bridgehead atoms. The van der Waals surface area contributed by atoms with Crippen LogP contribution in [0.4, 0.5) is 5.69 Å². The fraction of sp³-hybridized carbons (Fsp3) is 0.176. The van der Waals surface area contributed by atoms with Gasteiger partial charge in [-0.1, -0.05) is 18.2 Å². The summed E-state index contributed by atoms with van der Waals surface area (Å²) >= 11 is 0. The molecule has 0 aliphatic heterocycles. The summed E-state index contributed by atoms with van der Waals surface area (Å²) in [5, 5.41) is 8.73. The van der Waals surface area contributed by atoms with Gasteiger partial charge in [-0.05, 0) is 24.3 Å². The Morgan fingerprint density at radius 1 is 1.17 bits per heavy atom. The van der Waals surface area contributed by atoms with Gasteiger partial charge in [-0.15, -0.1) is 0 Å². The number of nitrogens with zero attached hydrogens (tertiary/aromatic N) is 3. The second-order valence-electron chi connectivity index (χ2n) is 4.61. The summed E-state index contributed by atoms with van der Waals surface area (Å²) in [4.78, 5) is 29.4. The number of rotatable bonds is 6. The van der Waals surface area contributed by atoms with Gasteiger partial charge in [-0.2, -0.15) is 5.26 Å². The van der Waals surface area contributed by atoms with Gasteiger partial charge >= 0.3 is 5.97 Å². The monoisotopic (exact) mass is 309 g/mol. The van der Waals surface area contributed by atoms with E-state index in [9.17, 15) is 9.59 Å². The van der Waals surface area contributed by atoms with Crippen LogP contribution in [-0.2, 0) is 9.53 Å². The highest BCUT2D eigenvalue weighted by Crippen LogP contribution is 2.14. The molecule has 0 unspecified atom stereocenters. The Morgan fingerprint density at radius 3 is 2.61 bits per heavy atom. The molecule has 0 N–H and O–H groups in total. The van der Waals surface area contributed by atoms with Crippen molar-refractivity contribution in [3.8, 4) is 6.07 Å². The van der Waals surface area contributed by atoms with Crippen LogP contribution in [0.25, 0.3) is 0 Å². The number of hydrogen-bond donors (Lipinski definition) is 0. The fourth-order valence-electron chi connectivity index (χ4n) is 1.94. The number of hydrogen-bond acceptors (Lipinski definition) is 5. The number of amides is 1. The van der Waals surface area contributed by atoms with Crippen LogP contribution in [0.2, 0.25) is 0 Å². The number of esters is 1. The number of benzene rings is 1.